The van der Waals surface area contributed by atoms with Gasteiger partial charge in [0, 0.05) is 0 Å². The van der Waals surface area contributed by atoms with E-state index in [0.29, 0.717) is 5.92 Å². The highest BCUT2D eigenvalue weighted by Gasteiger charge is 2.32. The lowest BCUT2D eigenvalue weighted by molar-refractivity contribution is -0.122. The molecule has 0 heterocycles. The number of nitrogens with zero attached hydrogens (tertiary/aromatic N) is 1. The number of allylic oxidation sites excluding steroid dienone is 1. The fourth-order valence-corrected chi connectivity index (χ4v) is 1.00. The number of amides is 1. The van der Waals surface area contributed by atoms with Crippen LogP contribution in [-0.4, -0.2) is 5.91 Å². The van der Waals surface area contributed by atoms with Crippen LogP contribution in [0.25, 0.3) is 0 Å². The quantitative estimate of drug-likeness (QED) is 0.670. The van der Waals surface area contributed by atoms with E-state index in [1.807, 2.05) is 26.0 Å². The van der Waals surface area contributed by atoms with Crippen LogP contribution < -0.4 is 5.73 Å². The number of nitrogens with two attached hydrogens (primary N) is 1. The average Bonchev–Trinajstić information content (AvgIpc) is 2.01. The number of carbonyl (C=O) groups excluding carboxylic acids is 1. The van der Waals surface area contributed by atoms with Gasteiger partial charge in [-0.25, -0.2) is 0 Å². The molecule has 0 aliphatic heterocycles. The smallest absolute Gasteiger partial charge is 0.241 e. The zero-order valence-corrected chi connectivity index (χ0v) is 8.59. The molecule has 13 heavy (non-hydrogen) atoms. The fraction of sp³-hybridized carbons (Fsp3) is 0.600. The zero-order valence-electron chi connectivity index (χ0n) is 8.59. The first-order valence-electron chi connectivity index (χ1n) is 4.24. The van der Waals surface area contributed by atoms with E-state index in [2.05, 4.69) is 0 Å². The van der Waals surface area contributed by atoms with Gasteiger partial charge in [0.2, 0.25) is 5.91 Å². The first-order chi connectivity index (χ1) is 5.84. The molecule has 1 unspecified atom stereocenters. The SMILES string of the molecule is C/C(=C\C(C)C)C(C)(C#N)C(N)=O. The van der Waals surface area contributed by atoms with Crippen molar-refractivity contribution < 1.29 is 4.79 Å². The summed E-state index contributed by atoms with van der Waals surface area (Å²) >= 11 is 0. The first-order valence-corrected chi connectivity index (χ1v) is 4.24. The van der Waals surface area contributed by atoms with Crippen LogP contribution in [0, 0.1) is 22.7 Å². The summed E-state index contributed by atoms with van der Waals surface area (Å²) in [6.45, 7) is 7.28. The molecule has 1 atom stereocenters. The monoisotopic (exact) mass is 180 g/mol. The van der Waals surface area contributed by atoms with Gasteiger partial charge in [0.15, 0.2) is 5.41 Å². The highest BCUT2D eigenvalue weighted by molar-refractivity contribution is 5.86. The largest absolute Gasteiger partial charge is 0.368 e. The molecule has 0 aromatic carbocycles. The summed E-state index contributed by atoms with van der Waals surface area (Å²) < 4.78 is 0. The van der Waals surface area contributed by atoms with Crippen molar-refractivity contribution >= 4 is 5.91 Å². The topological polar surface area (TPSA) is 66.9 Å². The zero-order chi connectivity index (χ0) is 10.6. The van der Waals surface area contributed by atoms with Gasteiger partial charge in [0.05, 0.1) is 6.07 Å². The van der Waals surface area contributed by atoms with Gasteiger partial charge in [-0.15, -0.1) is 0 Å². The summed E-state index contributed by atoms with van der Waals surface area (Å²) in [5.41, 5.74) is 4.71. The summed E-state index contributed by atoms with van der Waals surface area (Å²) in [4.78, 5) is 11.0. The number of rotatable bonds is 3. The Kier molecular flexibility index (Phi) is 3.68. The van der Waals surface area contributed by atoms with Crippen LogP contribution in [-0.2, 0) is 4.79 Å². The Hall–Kier alpha value is -1.30. The molecule has 72 valence electrons. The highest BCUT2D eigenvalue weighted by Crippen LogP contribution is 2.26. The molecule has 1 amide bonds. The van der Waals surface area contributed by atoms with E-state index >= 15 is 0 Å². The lowest BCUT2D eigenvalue weighted by atomic mass is 9.82. The minimum Gasteiger partial charge on any atom is -0.368 e. The van der Waals surface area contributed by atoms with Crippen molar-refractivity contribution in [2.24, 2.45) is 17.1 Å². The van der Waals surface area contributed by atoms with E-state index in [-0.39, 0.29) is 0 Å². The number of hydrogen-bond donors (Lipinski definition) is 1. The van der Waals surface area contributed by atoms with E-state index in [4.69, 9.17) is 11.0 Å². The van der Waals surface area contributed by atoms with Gasteiger partial charge in [-0.05, 0) is 25.3 Å². The molecular formula is C10H16N2O. The molecule has 0 aromatic rings. The summed E-state index contributed by atoms with van der Waals surface area (Å²) in [7, 11) is 0. The lowest BCUT2D eigenvalue weighted by Crippen LogP contribution is -2.34. The second-order valence-corrected chi connectivity index (χ2v) is 3.69. The van der Waals surface area contributed by atoms with E-state index in [1.54, 1.807) is 13.8 Å². The molecule has 0 saturated heterocycles. The predicted molar refractivity (Wildman–Crippen MR) is 51.5 cm³/mol. The minimum atomic E-state index is -1.16. The summed E-state index contributed by atoms with van der Waals surface area (Å²) in [5.74, 6) is -0.281. The first kappa shape index (κ1) is 11.7. The molecule has 3 heteroatoms. The third-order valence-electron chi connectivity index (χ3n) is 2.09. The highest BCUT2D eigenvalue weighted by atomic mass is 16.1. The maximum atomic E-state index is 11.0. The predicted octanol–water partition coefficient (Wildman–Crippen LogP) is 1.60. The van der Waals surface area contributed by atoms with Crippen molar-refractivity contribution in [3.63, 3.8) is 0 Å². The second-order valence-electron chi connectivity index (χ2n) is 3.69. The summed E-state index contributed by atoms with van der Waals surface area (Å²) in [6.07, 6.45) is 1.88. The fourth-order valence-electron chi connectivity index (χ4n) is 1.00. The normalized spacial score (nSPS) is 16.5. The van der Waals surface area contributed by atoms with E-state index in [9.17, 15) is 4.79 Å². The van der Waals surface area contributed by atoms with Crippen LogP contribution in [0.5, 0.6) is 0 Å². The summed E-state index contributed by atoms with van der Waals surface area (Å²) in [6, 6.07) is 1.94. The molecule has 2 N–H and O–H groups in total. The Morgan fingerprint density at radius 3 is 2.31 bits per heavy atom. The van der Waals surface area contributed by atoms with Crippen LogP contribution in [0.3, 0.4) is 0 Å². The Labute approximate surface area is 79.2 Å². The van der Waals surface area contributed by atoms with Gasteiger partial charge in [0.1, 0.15) is 0 Å². The molecule has 0 rings (SSSR count). The van der Waals surface area contributed by atoms with Crippen molar-refractivity contribution in [2.75, 3.05) is 0 Å². The Balaban J connectivity index is 5.02. The molecule has 0 aromatic heterocycles. The van der Waals surface area contributed by atoms with Crippen molar-refractivity contribution in [3.05, 3.63) is 11.6 Å². The third kappa shape index (κ3) is 2.59. The van der Waals surface area contributed by atoms with Crippen LogP contribution >= 0.6 is 0 Å². The molecule has 0 spiro atoms. The Bertz CT molecular complexity index is 273. The van der Waals surface area contributed by atoms with Gasteiger partial charge >= 0.3 is 0 Å². The van der Waals surface area contributed by atoms with Crippen molar-refractivity contribution in [1.29, 1.82) is 5.26 Å². The van der Waals surface area contributed by atoms with Crippen molar-refractivity contribution in [2.45, 2.75) is 27.7 Å². The number of nitriles is 1. The van der Waals surface area contributed by atoms with Crippen LogP contribution in [0.1, 0.15) is 27.7 Å². The summed E-state index contributed by atoms with van der Waals surface area (Å²) in [5, 5.41) is 8.85. The molecule has 0 fully saturated rings. The molecule has 0 radical (unpaired) electrons. The average molecular weight is 180 g/mol. The molecule has 0 aliphatic carbocycles. The van der Waals surface area contributed by atoms with Gasteiger partial charge in [0.25, 0.3) is 0 Å². The lowest BCUT2D eigenvalue weighted by Gasteiger charge is -2.18. The Morgan fingerprint density at radius 1 is 1.62 bits per heavy atom. The minimum absolute atomic E-state index is 0.312. The van der Waals surface area contributed by atoms with E-state index in [1.165, 1.54) is 0 Å². The maximum absolute atomic E-state index is 11.0. The molecule has 0 bridgehead atoms. The standard InChI is InChI=1S/C10H16N2O/c1-7(2)5-8(3)10(4,6-11)9(12)13/h5,7H,1-4H3,(H2,12,13)/b8-5+. The molecule has 3 nitrogen and oxygen atoms in total. The van der Waals surface area contributed by atoms with Crippen molar-refractivity contribution in [3.8, 4) is 6.07 Å². The number of primary amides is 1. The van der Waals surface area contributed by atoms with Crippen LogP contribution in [0.4, 0.5) is 0 Å². The Morgan fingerprint density at radius 2 is 2.08 bits per heavy atom. The van der Waals surface area contributed by atoms with Gasteiger partial charge in [-0.2, -0.15) is 5.26 Å². The molecule has 0 aliphatic rings. The van der Waals surface area contributed by atoms with E-state index in [0.717, 1.165) is 5.57 Å². The van der Waals surface area contributed by atoms with Gasteiger partial charge in [-0.1, -0.05) is 19.9 Å². The van der Waals surface area contributed by atoms with Gasteiger partial charge < -0.3 is 5.73 Å². The van der Waals surface area contributed by atoms with Crippen molar-refractivity contribution in [1.82, 2.24) is 0 Å². The molecular weight excluding hydrogens is 164 g/mol. The number of hydrogen-bond acceptors (Lipinski definition) is 2. The second kappa shape index (κ2) is 4.08. The van der Waals surface area contributed by atoms with Gasteiger partial charge in [-0.3, -0.25) is 4.79 Å². The van der Waals surface area contributed by atoms with Crippen LogP contribution in [0.15, 0.2) is 11.6 Å². The third-order valence-corrected chi connectivity index (χ3v) is 2.09. The number of carbonyl (C=O) groups is 1. The van der Waals surface area contributed by atoms with Crippen LogP contribution in [0.2, 0.25) is 0 Å². The van der Waals surface area contributed by atoms with E-state index < -0.39 is 11.3 Å². The molecule has 0 saturated carbocycles. The maximum Gasteiger partial charge on any atom is 0.241 e.